The summed E-state index contributed by atoms with van der Waals surface area (Å²) in [5.41, 5.74) is 3.91. The Bertz CT molecular complexity index is 831. The summed E-state index contributed by atoms with van der Waals surface area (Å²) in [6.45, 7) is 18.2. The van der Waals surface area contributed by atoms with Gasteiger partial charge in [0.25, 0.3) is 0 Å². The Morgan fingerprint density at radius 3 is 1.54 bits per heavy atom. The van der Waals surface area contributed by atoms with Crippen LogP contribution in [0.1, 0.15) is 106 Å². The van der Waals surface area contributed by atoms with Crippen molar-refractivity contribution in [2.24, 2.45) is 16.6 Å². The summed E-state index contributed by atoms with van der Waals surface area (Å²) >= 11 is 0. The molecule has 3 saturated carbocycles. The molecule has 0 aromatic carbocycles. The zero-order chi connectivity index (χ0) is 29.4. The van der Waals surface area contributed by atoms with Gasteiger partial charge in [0.05, 0.1) is 25.0 Å². The fourth-order valence-electron chi connectivity index (χ4n) is 3.89. The van der Waals surface area contributed by atoms with E-state index in [-0.39, 0.29) is 53.2 Å². The molecule has 8 nitrogen and oxygen atoms in total. The van der Waals surface area contributed by atoms with Crippen molar-refractivity contribution >= 4 is 30.6 Å². The summed E-state index contributed by atoms with van der Waals surface area (Å²) in [6, 6.07) is 0. The third kappa shape index (κ3) is 14.5. The molecule has 0 radical (unpaired) electrons. The number of hydrogen-bond acceptors (Lipinski definition) is 8. The molecule has 2 unspecified atom stereocenters. The van der Waals surface area contributed by atoms with Gasteiger partial charge in [-0.1, -0.05) is 12.2 Å². The lowest BCUT2D eigenvalue weighted by Gasteiger charge is -2.24. The zero-order valence-electron chi connectivity index (χ0n) is 24.8. The van der Waals surface area contributed by atoms with Crippen LogP contribution in [-0.4, -0.2) is 57.4 Å². The van der Waals surface area contributed by atoms with Crippen LogP contribution in [-0.2, 0) is 23.9 Å². The fraction of sp³-hybridized carbons (Fsp3) is 0.767. The average Bonchev–Trinajstić information content (AvgIpc) is 3.63. The van der Waals surface area contributed by atoms with Crippen LogP contribution >= 0.6 is 12.4 Å². The lowest BCUT2D eigenvalue weighted by molar-refractivity contribution is -0.158. The number of carbonyl (C=O) groups is 3. The van der Waals surface area contributed by atoms with E-state index >= 15 is 0 Å². The molecule has 0 heterocycles. The Hall–Kier alpha value is -1.74. The highest BCUT2D eigenvalue weighted by atomic mass is 35.5. The number of carbonyl (C=O) groups excluding carboxylic acids is 3. The van der Waals surface area contributed by atoms with Gasteiger partial charge >= 0.3 is 11.9 Å². The molecule has 2 atom stereocenters. The number of halogens is 1. The van der Waals surface area contributed by atoms with E-state index in [0.717, 1.165) is 44.8 Å². The second kappa shape index (κ2) is 14.8. The highest BCUT2D eigenvalue weighted by Crippen LogP contribution is 2.53. The molecule has 0 aliphatic heterocycles. The number of aliphatic hydroxyl groups excluding tert-OH is 2. The van der Waals surface area contributed by atoms with E-state index in [4.69, 9.17) is 15.2 Å². The van der Waals surface area contributed by atoms with Crippen molar-refractivity contribution in [1.29, 1.82) is 0 Å². The number of rotatable bonds is 11. The van der Waals surface area contributed by atoms with E-state index in [1.807, 2.05) is 41.5 Å². The van der Waals surface area contributed by atoms with Crippen LogP contribution < -0.4 is 5.73 Å². The lowest BCUT2D eigenvalue weighted by atomic mass is 9.93. The second-order valence-electron chi connectivity index (χ2n) is 13.2. The van der Waals surface area contributed by atoms with Gasteiger partial charge in [0.1, 0.15) is 17.5 Å². The minimum absolute atomic E-state index is 0. The molecular weight excluding hydrogens is 522 g/mol. The van der Waals surface area contributed by atoms with E-state index < -0.39 is 17.3 Å². The van der Waals surface area contributed by atoms with Crippen LogP contribution in [0.3, 0.4) is 0 Å². The Balaban J connectivity index is 0.000000568. The molecule has 0 saturated heterocycles. The molecule has 0 aromatic rings. The number of nitrogens with two attached hydrogens (primary N) is 1. The number of hydrogen-bond donors (Lipinski definition) is 3. The van der Waals surface area contributed by atoms with Gasteiger partial charge in [-0.25, -0.2) is 0 Å². The van der Waals surface area contributed by atoms with Gasteiger partial charge in [-0.3, -0.25) is 9.59 Å². The molecule has 0 aromatic heterocycles. The van der Waals surface area contributed by atoms with Crippen LogP contribution in [0, 0.1) is 10.8 Å². The number of aliphatic hydroxyl groups is 2. The molecule has 0 amide bonds. The summed E-state index contributed by atoms with van der Waals surface area (Å²) in [5.74, 6) is -0.481. The van der Waals surface area contributed by atoms with E-state index in [0.29, 0.717) is 19.3 Å². The minimum Gasteiger partial charge on any atom is -0.460 e. The van der Waals surface area contributed by atoms with Crippen molar-refractivity contribution in [1.82, 2.24) is 0 Å². The predicted octanol–water partition coefficient (Wildman–Crippen LogP) is 4.97. The van der Waals surface area contributed by atoms with Gasteiger partial charge in [-0.2, -0.15) is 0 Å². The van der Waals surface area contributed by atoms with Gasteiger partial charge in [0, 0.05) is 16.4 Å². The Kier molecular flexibility index (Phi) is 14.1. The predicted molar refractivity (Wildman–Crippen MR) is 155 cm³/mol. The summed E-state index contributed by atoms with van der Waals surface area (Å²) in [5, 5.41) is 19.2. The average molecular weight is 574 g/mol. The third-order valence-corrected chi connectivity index (χ3v) is 6.85. The van der Waals surface area contributed by atoms with Gasteiger partial charge < -0.3 is 30.2 Å². The quantitative estimate of drug-likeness (QED) is 0.179. The maximum atomic E-state index is 11.7. The van der Waals surface area contributed by atoms with Crippen molar-refractivity contribution in [2.75, 3.05) is 0 Å². The molecule has 4 N–H and O–H groups in total. The van der Waals surface area contributed by atoms with Crippen molar-refractivity contribution in [3.8, 4) is 0 Å². The first-order valence-corrected chi connectivity index (χ1v) is 13.6. The first-order valence-electron chi connectivity index (χ1n) is 13.6. The van der Waals surface area contributed by atoms with E-state index in [1.54, 1.807) is 12.2 Å². The first-order chi connectivity index (χ1) is 17.3. The second-order valence-corrected chi connectivity index (χ2v) is 13.2. The summed E-state index contributed by atoms with van der Waals surface area (Å²) in [7, 11) is 0. The Morgan fingerprint density at radius 2 is 1.23 bits per heavy atom. The Morgan fingerprint density at radius 1 is 0.821 bits per heavy atom. The normalized spacial score (nSPS) is 20.4. The van der Waals surface area contributed by atoms with Crippen LogP contribution in [0.2, 0.25) is 0 Å². The van der Waals surface area contributed by atoms with Crippen LogP contribution in [0.4, 0.5) is 0 Å². The van der Waals surface area contributed by atoms with Crippen molar-refractivity contribution in [3.05, 3.63) is 25.3 Å². The van der Waals surface area contributed by atoms with E-state index in [2.05, 4.69) is 13.2 Å². The molecule has 226 valence electrons. The third-order valence-electron chi connectivity index (χ3n) is 6.85. The monoisotopic (exact) mass is 573 g/mol. The lowest BCUT2D eigenvalue weighted by Crippen LogP contribution is -2.36. The smallest absolute Gasteiger partial charge is 0.307 e. The maximum absolute atomic E-state index is 11.7. The molecule has 0 bridgehead atoms. The standard InChI is InChI=1S/C13H22O3.C10H16O3.C7H13NO.ClH/c1-5-6-10(14)13(7-8-13)9-11(15)16-12(2,3)4;1-9(2,3)13-8(12)6-10(7-11)4-5-10;1-2-3-6(9)7(8)4-5-7;/h5,10,14H,1,6-9H2,2-4H3;7H,4-6H2,1-3H3;2,6,9H,1,3-5,8H2;1H. The largest absolute Gasteiger partial charge is 0.460 e. The highest BCUT2D eigenvalue weighted by molar-refractivity contribution is 5.85. The maximum Gasteiger partial charge on any atom is 0.307 e. The first kappa shape index (κ1) is 37.3. The van der Waals surface area contributed by atoms with Crippen LogP contribution in [0.25, 0.3) is 0 Å². The summed E-state index contributed by atoms with van der Waals surface area (Å²) in [4.78, 5) is 33.5. The molecule has 3 fully saturated rings. The van der Waals surface area contributed by atoms with Crippen molar-refractivity contribution < 1.29 is 34.1 Å². The van der Waals surface area contributed by atoms with E-state index in [1.165, 1.54) is 0 Å². The van der Waals surface area contributed by atoms with Crippen LogP contribution in [0.15, 0.2) is 25.3 Å². The Labute approximate surface area is 241 Å². The molecule has 3 aliphatic rings. The molecule has 3 aliphatic carbocycles. The summed E-state index contributed by atoms with van der Waals surface area (Å²) < 4.78 is 10.4. The van der Waals surface area contributed by atoms with Gasteiger partial charge in [-0.05, 0) is 92.9 Å². The molecule has 3 rings (SSSR count). The topological polar surface area (TPSA) is 136 Å². The minimum atomic E-state index is -0.461. The number of esters is 2. The van der Waals surface area contributed by atoms with E-state index in [9.17, 15) is 24.6 Å². The number of aldehydes is 1. The van der Waals surface area contributed by atoms with Gasteiger partial charge in [0.15, 0.2) is 0 Å². The van der Waals surface area contributed by atoms with Crippen molar-refractivity contribution in [2.45, 2.75) is 135 Å². The SMILES string of the molecule is C=CCC(O)C1(CC(=O)OC(C)(C)C)CC1.C=CCC(O)C1(N)CC1.CC(C)(C)OC(=O)CC1(C=O)CC1.Cl. The fourth-order valence-corrected chi connectivity index (χ4v) is 3.89. The molecular formula is C30H52ClNO7. The van der Waals surface area contributed by atoms with Crippen molar-refractivity contribution in [3.63, 3.8) is 0 Å². The van der Waals surface area contributed by atoms with Crippen LogP contribution in [0.5, 0.6) is 0 Å². The van der Waals surface area contributed by atoms with Gasteiger partial charge in [-0.15, -0.1) is 25.6 Å². The highest BCUT2D eigenvalue weighted by Gasteiger charge is 2.50. The summed E-state index contributed by atoms with van der Waals surface area (Å²) in [6.07, 6.45) is 10.6. The molecule has 0 spiro atoms. The number of ether oxygens (including phenoxy) is 2. The molecule has 39 heavy (non-hydrogen) atoms. The zero-order valence-corrected chi connectivity index (χ0v) is 25.6. The van der Waals surface area contributed by atoms with Gasteiger partial charge in [0.2, 0.25) is 0 Å². The molecule has 9 heteroatoms.